The molecule has 6 heteroatoms. The van der Waals surface area contributed by atoms with Crippen molar-refractivity contribution in [3.8, 4) is 17.2 Å². The van der Waals surface area contributed by atoms with Crippen molar-refractivity contribution in [2.45, 2.75) is 20.4 Å². The highest BCUT2D eigenvalue weighted by Gasteiger charge is 2.15. The molecule has 0 aliphatic rings. The molecule has 2 aromatic carbocycles. The third kappa shape index (κ3) is 3.71. The van der Waals surface area contributed by atoms with Crippen LogP contribution in [0.25, 0.3) is 11.1 Å². The van der Waals surface area contributed by atoms with Crippen LogP contribution in [0.4, 0.5) is 0 Å². The molecule has 3 rings (SSSR count). The van der Waals surface area contributed by atoms with Crippen molar-refractivity contribution in [3.63, 3.8) is 0 Å². The largest absolute Gasteiger partial charge is 0.465 e. The van der Waals surface area contributed by atoms with E-state index in [0.717, 1.165) is 28.1 Å². The van der Waals surface area contributed by atoms with Crippen molar-refractivity contribution in [1.82, 2.24) is 9.78 Å². The van der Waals surface area contributed by atoms with E-state index in [2.05, 4.69) is 11.2 Å². The van der Waals surface area contributed by atoms with E-state index < -0.39 is 0 Å². The fourth-order valence-electron chi connectivity index (χ4n) is 3.07. The van der Waals surface area contributed by atoms with Gasteiger partial charge in [0.05, 0.1) is 35.5 Å². The molecule has 0 bridgehead atoms. The van der Waals surface area contributed by atoms with E-state index in [9.17, 15) is 4.79 Å². The maximum atomic E-state index is 11.5. The zero-order chi connectivity index (χ0) is 19.6. The molecular formula is C21H18ClN3O2. The molecule has 0 fully saturated rings. The summed E-state index contributed by atoms with van der Waals surface area (Å²) in [4.78, 5) is 11.5. The van der Waals surface area contributed by atoms with E-state index in [1.807, 2.05) is 36.7 Å². The third-order valence-electron chi connectivity index (χ3n) is 4.47. The van der Waals surface area contributed by atoms with Crippen molar-refractivity contribution < 1.29 is 9.53 Å². The summed E-state index contributed by atoms with van der Waals surface area (Å²) in [6.45, 7) is 4.54. The molecule has 0 unspecified atom stereocenters. The van der Waals surface area contributed by atoms with Gasteiger partial charge in [0.15, 0.2) is 0 Å². The number of benzene rings is 2. The van der Waals surface area contributed by atoms with Crippen LogP contribution >= 0.6 is 11.6 Å². The number of aromatic nitrogens is 2. The number of aryl methyl sites for hydroxylation is 1. The summed E-state index contributed by atoms with van der Waals surface area (Å²) in [6, 6.07) is 14.7. The highest BCUT2D eigenvalue weighted by atomic mass is 35.5. The number of esters is 1. The van der Waals surface area contributed by atoms with Gasteiger partial charge in [-0.3, -0.25) is 4.68 Å². The summed E-state index contributed by atoms with van der Waals surface area (Å²) >= 11 is 6.19. The number of hydrogen-bond acceptors (Lipinski definition) is 4. The van der Waals surface area contributed by atoms with Gasteiger partial charge in [-0.2, -0.15) is 10.4 Å². The zero-order valence-electron chi connectivity index (χ0n) is 15.3. The molecule has 0 saturated heterocycles. The van der Waals surface area contributed by atoms with Crippen LogP contribution in [0.15, 0.2) is 42.5 Å². The van der Waals surface area contributed by atoms with Gasteiger partial charge in [0.1, 0.15) is 6.07 Å². The lowest BCUT2D eigenvalue weighted by atomic mass is 10.0. The Kier molecular flexibility index (Phi) is 5.29. The smallest absolute Gasteiger partial charge is 0.337 e. The Bertz CT molecular complexity index is 1050. The molecule has 0 atom stereocenters. The van der Waals surface area contributed by atoms with Gasteiger partial charge in [-0.15, -0.1) is 0 Å². The predicted molar refractivity (Wildman–Crippen MR) is 104 cm³/mol. The molecule has 1 heterocycles. The van der Waals surface area contributed by atoms with Gasteiger partial charge in [0.25, 0.3) is 0 Å². The summed E-state index contributed by atoms with van der Waals surface area (Å²) < 4.78 is 6.64. The lowest BCUT2D eigenvalue weighted by Gasteiger charge is -2.07. The van der Waals surface area contributed by atoms with Crippen LogP contribution < -0.4 is 0 Å². The Morgan fingerprint density at radius 3 is 2.52 bits per heavy atom. The second kappa shape index (κ2) is 7.65. The van der Waals surface area contributed by atoms with Gasteiger partial charge in [-0.05, 0) is 49.2 Å². The first kappa shape index (κ1) is 18.7. The quantitative estimate of drug-likeness (QED) is 0.624. The molecule has 5 nitrogen and oxygen atoms in total. The van der Waals surface area contributed by atoms with E-state index in [1.165, 1.54) is 7.11 Å². The molecule has 3 aromatic rings. The standard InChI is InChI=1S/C21H18ClN3O2/c1-13-20(17-8-9-18(11-23)19(22)10-17)14(2)25(24-13)12-15-4-6-16(7-5-15)21(26)27-3/h4-10H,12H2,1-3H3. The average molecular weight is 380 g/mol. The van der Waals surface area contributed by atoms with Crippen LogP contribution in [-0.2, 0) is 11.3 Å². The highest BCUT2D eigenvalue weighted by molar-refractivity contribution is 6.32. The highest BCUT2D eigenvalue weighted by Crippen LogP contribution is 2.30. The maximum absolute atomic E-state index is 11.5. The van der Waals surface area contributed by atoms with Crippen LogP contribution in [0.5, 0.6) is 0 Å². The molecule has 0 amide bonds. The van der Waals surface area contributed by atoms with Gasteiger partial charge in [-0.1, -0.05) is 29.8 Å². The predicted octanol–water partition coefficient (Wildman–Crippen LogP) is 4.53. The molecule has 27 heavy (non-hydrogen) atoms. The van der Waals surface area contributed by atoms with Crippen molar-refractivity contribution in [3.05, 3.63) is 75.6 Å². The van der Waals surface area contributed by atoms with Crippen LogP contribution in [-0.4, -0.2) is 22.9 Å². The first-order valence-electron chi connectivity index (χ1n) is 8.36. The molecule has 0 saturated carbocycles. The number of carbonyl (C=O) groups is 1. The molecule has 0 spiro atoms. The summed E-state index contributed by atoms with van der Waals surface area (Å²) in [5.41, 5.74) is 5.83. The van der Waals surface area contributed by atoms with Crippen LogP contribution in [0.2, 0.25) is 5.02 Å². The summed E-state index contributed by atoms with van der Waals surface area (Å²) in [5, 5.41) is 14.1. The number of nitrogens with zero attached hydrogens (tertiary/aromatic N) is 3. The number of rotatable bonds is 4. The van der Waals surface area contributed by atoms with Crippen molar-refractivity contribution in [1.29, 1.82) is 5.26 Å². The van der Waals surface area contributed by atoms with Gasteiger partial charge >= 0.3 is 5.97 Å². The minimum absolute atomic E-state index is 0.354. The minimum Gasteiger partial charge on any atom is -0.465 e. The number of hydrogen-bond donors (Lipinski definition) is 0. The summed E-state index contributed by atoms with van der Waals surface area (Å²) in [5.74, 6) is -0.354. The van der Waals surface area contributed by atoms with Gasteiger partial charge < -0.3 is 4.74 Å². The fourth-order valence-corrected chi connectivity index (χ4v) is 3.29. The van der Waals surface area contributed by atoms with E-state index in [1.54, 1.807) is 24.3 Å². The van der Waals surface area contributed by atoms with Gasteiger partial charge in [-0.25, -0.2) is 4.79 Å². The first-order chi connectivity index (χ1) is 12.9. The second-order valence-corrected chi connectivity index (χ2v) is 6.61. The van der Waals surface area contributed by atoms with Crippen molar-refractivity contribution in [2.24, 2.45) is 0 Å². The molecule has 0 radical (unpaired) electrons. The topological polar surface area (TPSA) is 67.9 Å². The number of nitriles is 1. The molecule has 1 aromatic heterocycles. The van der Waals surface area contributed by atoms with Crippen LogP contribution in [0, 0.1) is 25.2 Å². The third-order valence-corrected chi connectivity index (χ3v) is 4.78. The lowest BCUT2D eigenvalue weighted by molar-refractivity contribution is 0.0600. The van der Waals surface area contributed by atoms with E-state index in [0.29, 0.717) is 22.7 Å². The summed E-state index contributed by atoms with van der Waals surface area (Å²) in [7, 11) is 1.36. The number of ether oxygens (including phenoxy) is 1. The number of methoxy groups -OCH3 is 1. The molecular weight excluding hydrogens is 362 g/mol. The van der Waals surface area contributed by atoms with E-state index >= 15 is 0 Å². The molecule has 0 aliphatic carbocycles. The maximum Gasteiger partial charge on any atom is 0.337 e. The Morgan fingerprint density at radius 1 is 1.22 bits per heavy atom. The first-order valence-corrected chi connectivity index (χ1v) is 8.73. The zero-order valence-corrected chi connectivity index (χ0v) is 16.0. The Morgan fingerprint density at radius 2 is 1.93 bits per heavy atom. The van der Waals surface area contributed by atoms with Crippen molar-refractivity contribution >= 4 is 17.6 Å². The SMILES string of the molecule is COC(=O)c1ccc(Cn2nc(C)c(-c3ccc(C#N)c(Cl)c3)c2C)cc1. The monoisotopic (exact) mass is 379 g/mol. The number of halogens is 1. The average Bonchev–Trinajstić information content (AvgIpc) is 2.95. The second-order valence-electron chi connectivity index (χ2n) is 6.20. The number of carbonyl (C=O) groups excluding carboxylic acids is 1. The van der Waals surface area contributed by atoms with Gasteiger partial charge in [0, 0.05) is 11.3 Å². The Balaban J connectivity index is 1.91. The lowest BCUT2D eigenvalue weighted by Crippen LogP contribution is -2.05. The molecule has 0 aliphatic heterocycles. The molecule has 0 N–H and O–H groups in total. The van der Waals surface area contributed by atoms with Gasteiger partial charge in [0.2, 0.25) is 0 Å². The van der Waals surface area contributed by atoms with E-state index in [4.69, 9.17) is 21.6 Å². The normalized spacial score (nSPS) is 10.5. The van der Waals surface area contributed by atoms with Crippen LogP contribution in [0.1, 0.15) is 32.9 Å². The fraction of sp³-hybridized carbons (Fsp3) is 0.190. The Hall–Kier alpha value is -3.10. The molecule has 136 valence electrons. The van der Waals surface area contributed by atoms with E-state index in [-0.39, 0.29) is 5.97 Å². The summed E-state index contributed by atoms with van der Waals surface area (Å²) in [6.07, 6.45) is 0. The minimum atomic E-state index is -0.354. The van der Waals surface area contributed by atoms with Crippen molar-refractivity contribution in [2.75, 3.05) is 7.11 Å². The Labute approximate surface area is 162 Å². The van der Waals surface area contributed by atoms with Crippen LogP contribution in [0.3, 0.4) is 0 Å².